The molecule has 1 aliphatic heterocycles. The fraction of sp³-hybridized carbons (Fsp3) is 0.419. The van der Waals surface area contributed by atoms with Crippen LogP contribution in [0, 0.1) is 0 Å². The zero-order valence-electron chi connectivity index (χ0n) is 22.1. The molecule has 200 valence electrons. The molecular weight excluding hydrogens is 546 g/mol. The first-order valence-corrected chi connectivity index (χ1v) is 14.2. The van der Waals surface area contributed by atoms with Crippen LogP contribution >= 0.6 is 15.9 Å². The normalized spacial score (nSPS) is 18.0. The number of rotatable bonds is 9. The lowest BCUT2D eigenvalue weighted by molar-refractivity contribution is -0.117. The van der Waals surface area contributed by atoms with Crippen molar-refractivity contribution < 1.29 is 23.8 Å². The molecule has 0 unspecified atom stereocenters. The number of halogens is 1. The lowest BCUT2D eigenvalue weighted by Crippen LogP contribution is -2.39. The van der Waals surface area contributed by atoms with Gasteiger partial charge >= 0.3 is 0 Å². The van der Waals surface area contributed by atoms with E-state index in [2.05, 4.69) is 20.8 Å². The Morgan fingerprint density at radius 2 is 1.58 bits per heavy atom. The van der Waals surface area contributed by atoms with Crippen LogP contribution in [0.25, 0.3) is 0 Å². The number of ketones is 2. The number of Topliss-reactive ketones (excluding diaryl/α,β-unsaturated/α-hetero) is 2. The van der Waals surface area contributed by atoms with E-state index in [0.29, 0.717) is 37.6 Å². The van der Waals surface area contributed by atoms with Gasteiger partial charge in [0.25, 0.3) is 0 Å². The molecule has 0 N–H and O–H groups in total. The van der Waals surface area contributed by atoms with Crippen molar-refractivity contribution in [2.75, 3.05) is 27.4 Å². The van der Waals surface area contributed by atoms with Crippen LogP contribution in [0.15, 0.2) is 69.5 Å². The Balaban J connectivity index is 1.54. The Bertz CT molecular complexity index is 1250. The molecular formula is C31H34BrNO5. The van der Waals surface area contributed by atoms with Gasteiger partial charge in [0.15, 0.2) is 23.1 Å². The predicted molar refractivity (Wildman–Crippen MR) is 149 cm³/mol. The van der Waals surface area contributed by atoms with Crippen molar-refractivity contribution in [2.24, 2.45) is 0 Å². The second-order valence-corrected chi connectivity index (χ2v) is 10.8. The zero-order chi connectivity index (χ0) is 26.6. The first kappa shape index (κ1) is 26.7. The van der Waals surface area contributed by atoms with Crippen molar-refractivity contribution in [3.63, 3.8) is 0 Å². The highest BCUT2D eigenvalue weighted by Crippen LogP contribution is 2.50. The summed E-state index contributed by atoms with van der Waals surface area (Å²) in [6.07, 6.45) is 5.25. The molecule has 3 aliphatic rings. The van der Waals surface area contributed by atoms with Crippen molar-refractivity contribution in [1.29, 1.82) is 0 Å². The molecule has 0 amide bonds. The number of carbonyl (C=O) groups excluding carboxylic acids is 2. The van der Waals surface area contributed by atoms with Crippen molar-refractivity contribution in [2.45, 2.75) is 57.5 Å². The van der Waals surface area contributed by atoms with E-state index in [1.165, 1.54) is 0 Å². The maximum Gasteiger partial charge on any atom is 0.161 e. The third-order valence-corrected chi connectivity index (χ3v) is 8.45. The van der Waals surface area contributed by atoms with Gasteiger partial charge in [0, 0.05) is 71.6 Å². The maximum absolute atomic E-state index is 13.5. The SMILES string of the molecule is COCCCN1C2=C(C(=O)CCC2)C(c2ccc(OCc3ccccc3Br)c(OC)c2)C2=C1CCCC2=O. The summed E-state index contributed by atoms with van der Waals surface area (Å²) in [4.78, 5) is 29.2. The molecule has 0 aromatic heterocycles. The molecule has 5 rings (SSSR count). The number of allylic oxidation sites excluding steroid dienone is 4. The Hall–Kier alpha value is -2.90. The third-order valence-electron chi connectivity index (χ3n) is 7.68. The number of methoxy groups -OCH3 is 2. The second kappa shape index (κ2) is 11.9. The van der Waals surface area contributed by atoms with Gasteiger partial charge in [-0.15, -0.1) is 0 Å². The average Bonchev–Trinajstić information content (AvgIpc) is 2.93. The van der Waals surface area contributed by atoms with Gasteiger partial charge in [0.1, 0.15) is 6.61 Å². The Morgan fingerprint density at radius 3 is 2.21 bits per heavy atom. The van der Waals surface area contributed by atoms with Crippen LogP contribution in [0.4, 0.5) is 0 Å². The summed E-state index contributed by atoms with van der Waals surface area (Å²) in [5.41, 5.74) is 5.67. The van der Waals surface area contributed by atoms with E-state index >= 15 is 0 Å². The van der Waals surface area contributed by atoms with Gasteiger partial charge in [0.05, 0.1) is 7.11 Å². The van der Waals surface area contributed by atoms with Crippen LogP contribution in [0.5, 0.6) is 11.5 Å². The highest BCUT2D eigenvalue weighted by Gasteiger charge is 2.43. The molecule has 1 heterocycles. The molecule has 0 atom stereocenters. The van der Waals surface area contributed by atoms with E-state index in [1.807, 2.05) is 42.5 Å². The summed E-state index contributed by atoms with van der Waals surface area (Å²) in [7, 11) is 3.32. The van der Waals surface area contributed by atoms with Gasteiger partial charge < -0.3 is 19.1 Å². The summed E-state index contributed by atoms with van der Waals surface area (Å²) < 4.78 is 18.2. The Morgan fingerprint density at radius 1 is 0.895 bits per heavy atom. The molecule has 0 saturated heterocycles. The van der Waals surface area contributed by atoms with Crippen LogP contribution in [0.1, 0.15) is 62.0 Å². The van der Waals surface area contributed by atoms with Crippen molar-refractivity contribution in [3.05, 3.63) is 80.6 Å². The minimum Gasteiger partial charge on any atom is -0.493 e. The molecule has 7 heteroatoms. The number of ether oxygens (including phenoxy) is 3. The van der Waals surface area contributed by atoms with Gasteiger partial charge in [-0.1, -0.05) is 40.2 Å². The Labute approximate surface area is 232 Å². The minimum absolute atomic E-state index is 0.145. The highest BCUT2D eigenvalue weighted by molar-refractivity contribution is 9.10. The zero-order valence-corrected chi connectivity index (χ0v) is 23.6. The van der Waals surface area contributed by atoms with E-state index in [9.17, 15) is 9.59 Å². The molecule has 0 spiro atoms. The average molecular weight is 581 g/mol. The van der Waals surface area contributed by atoms with Crippen LogP contribution in [-0.2, 0) is 20.9 Å². The number of nitrogens with zero attached hydrogens (tertiary/aromatic N) is 1. The van der Waals surface area contributed by atoms with Crippen molar-refractivity contribution in [1.82, 2.24) is 4.90 Å². The molecule has 2 aromatic rings. The molecule has 0 saturated carbocycles. The van der Waals surface area contributed by atoms with Gasteiger partial charge in [-0.2, -0.15) is 0 Å². The summed E-state index contributed by atoms with van der Waals surface area (Å²) in [5, 5.41) is 0. The molecule has 38 heavy (non-hydrogen) atoms. The quantitative estimate of drug-likeness (QED) is 0.316. The number of hydrogen-bond acceptors (Lipinski definition) is 6. The minimum atomic E-state index is -0.370. The predicted octanol–water partition coefficient (Wildman–Crippen LogP) is 6.49. The van der Waals surface area contributed by atoms with Crippen LogP contribution in [0.3, 0.4) is 0 Å². The number of carbonyl (C=O) groups is 2. The van der Waals surface area contributed by atoms with E-state index < -0.39 is 0 Å². The van der Waals surface area contributed by atoms with Crippen LogP contribution < -0.4 is 9.47 Å². The van der Waals surface area contributed by atoms with Gasteiger partial charge in [-0.3, -0.25) is 9.59 Å². The van der Waals surface area contributed by atoms with E-state index in [1.54, 1.807) is 14.2 Å². The van der Waals surface area contributed by atoms with Crippen LogP contribution in [-0.4, -0.2) is 43.8 Å². The third kappa shape index (κ3) is 5.19. The first-order valence-electron chi connectivity index (χ1n) is 13.4. The van der Waals surface area contributed by atoms with E-state index in [0.717, 1.165) is 76.8 Å². The van der Waals surface area contributed by atoms with Crippen LogP contribution in [0.2, 0.25) is 0 Å². The summed E-state index contributed by atoms with van der Waals surface area (Å²) >= 11 is 3.57. The smallest absolute Gasteiger partial charge is 0.161 e. The molecule has 2 aliphatic carbocycles. The summed E-state index contributed by atoms with van der Waals surface area (Å²) in [6, 6.07) is 13.8. The van der Waals surface area contributed by atoms with Crippen molar-refractivity contribution in [3.8, 4) is 11.5 Å². The highest BCUT2D eigenvalue weighted by atomic mass is 79.9. The molecule has 2 aromatic carbocycles. The second-order valence-electron chi connectivity index (χ2n) is 10.00. The van der Waals surface area contributed by atoms with Gasteiger partial charge in [0.2, 0.25) is 0 Å². The largest absolute Gasteiger partial charge is 0.493 e. The monoisotopic (exact) mass is 579 g/mol. The molecule has 0 fully saturated rings. The van der Waals surface area contributed by atoms with Crippen molar-refractivity contribution >= 4 is 27.5 Å². The summed E-state index contributed by atoms with van der Waals surface area (Å²) in [6.45, 7) is 1.79. The van der Waals surface area contributed by atoms with Gasteiger partial charge in [-0.25, -0.2) is 0 Å². The number of hydrogen-bond donors (Lipinski definition) is 0. The van der Waals surface area contributed by atoms with E-state index in [4.69, 9.17) is 14.2 Å². The fourth-order valence-corrected chi connectivity index (χ4v) is 6.34. The molecule has 0 radical (unpaired) electrons. The molecule has 0 bridgehead atoms. The van der Waals surface area contributed by atoms with E-state index in [-0.39, 0.29) is 17.5 Å². The lowest BCUT2D eigenvalue weighted by Gasteiger charge is -2.44. The summed E-state index contributed by atoms with van der Waals surface area (Å²) in [5.74, 6) is 1.13. The lowest BCUT2D eigenvalue weighted by atomic mass is 9.71. The fourth-order valence-electron chi connectivity index (χ4n) is 5.94. The molecule has 6 nitrogen and oxygen atoms in total. The standard InChI is InChI=1S/C31H34BrNO5/c1-36-17-7-16-33-23-10-5-12-25(34)30(23)29(31-24(33)11-6-13-26(31)35)20-14-15-27(28(18-20)37-2)38-19-21-8-3-4-9-22(21)32/h3-4,8-9,14-15,18,29H,5-7,10-13,16-17,19H2,1-2H3. The first-order chi connectivity index (χ1) is 18.5. The Kier molecular flexibility index (Phi) is 8.34. The maximum atomic E-state index is 13.5. The topological polar surface area (TPSA) is 65.1 Å². The number of benzene rings is 2. The van der Waals surface area contributed by atoms with Gasteiger partial charge in [-0.05, 0) is 55.9 Å².